The Labute approximate surface area is 131 Å². The van der Waals surface area contributed by atoms with E-state index < -0.39 is 0 Å². The van der Waals surface area contributed by atoms with E-state index in [4.69, 9.17) is 0 Å². The monoisotopic (exact) mass is 299 g/mol. The maximum atomic E-state index is 12.8. The van der Waals surface area contributed by atoms with E-state index in [1.54, 1.807) is 12.1 Å². The first-order chi connectivity index (χ1) is 10.5. The highest BCUT2D eigenvalue weighted by Crippen LogP contribution is 2.19. The Morgan fingerprint density at radius 3 is 2.50 bits per heavy atom. The first-order valence-corrected chi connectivity index (χ1v) is 7.56. The van der Waals surface area contributed by atoms with Crippen LogP contribution in [0.2, 0.25) is 0 Å². The van der Waals surface area contributed by atoms with Gasteiger partial charge in [-0.25, -0.2) is 4.39 Å². The van der Waals surface area contributed by atoms with E-state index in [1.165, 1.54) is 23.3 Å². The fraction of sp³-hybridized carbons (Fsp3) is 0.316. The number of hydrogen-bond donors (Lipinski definition) is 1. The molecule has 2 nitrogen and oxygen atoms in total. The molecule has 0 radical (unpaired) electrons. The summed E-state index contributed by atoms with van der Waals surface area (Å²) < 4.78 is 12.8. The molecule has 0 bridgehead atoms. The quantitative estimate of drug-likeness (QED) is 0.878. The van der Waals surface area contributed by atoms with E-state index >= 15 is 0 Å². The van der Waals surface area contributed by atoms with Gasteiger partial charge in [-0.2, -0.15) is 0 Å². The Morgan fingerprint density at radius 1 is 1.14 bits per heavy atom. The molecule has 0 spiro atoms. The van der Waals surface area contributed by atoms with Crippen LogP contribution in [0.5, 0.6) is 0 Å². The second-order valence-electron chi connectivity index (χ2n) is 5.78. The Balaban J connectivity index is 1.91. The fourth-order valence-electron chi connectivity index (χ4n) is 2.53. The normalized spacial score (nSPS) is 12.0. The highest BCUT2D eigenvalue weighted by atomic mass is 19.1. The molecule has 0 aromatic heterocycles. The minimum atomic E-state index is -0.253. The number of halogens is 1. The van der Waals surface area contributed by atoms with Crippen molar-refractivity contribution in [2.75, 3.05) is 0 Å². The predicted octanol–water partition coefficient (Wildman–Crippen LogP) is 4.25. The first kappa shape index (κ1) is 16.2. The summed E-state index contributed by atoms with van der Waals surface area (Å²) >= 11 is 0. The molecule has 22 heavy (non-hydrogen) atoms. The summed E-state index contributed by atoms with van der Waals surface area (Å²) in [6.07, 6.45) is 1.02. The number of hydrogen-bond acceptors (Lipinski definition) is 1. The molecule has 1 atom stereocenters. The SMILES string of the molecule is Cc1ccc(C)c(C(C)NC(=O)CCc2ccc(F)cc2)c1. The number of amides is 1. The zero-order chi connectivity index (χ0) is 16.1. The lowest BCUT2D eigenvalue weighted by molar-refractivity contribution is -0.121. The van der Waals surface area contributed by atoms with Gasteiger partial charge >= 0.3 is 0 Å². The van der Waals surface area contributed by atoms with Crippen LogP contribution in [0.1, 0.15) is 41.6 Å². The van der Waals surface area contributed by atoms with E-state index in [0.717, 1.165) is 11.1 Å². The van der Waals surface area contributed by atoms with Gasteiger partial charge in [-0.05, 0) is 56.0 Å². The van der Waals surface area contributed by atoms with E-state index in [0.29, 0.717) is 12.8 Å². The van der Waals surface area contributed by atoms with Gasteiger partial charge in [0.15, 0.2) is 0 Å². The van der Waals surface area contributed by atoms with Crippen LogP contribution in [0.4, 0.5) is 4.39 Å². The van der Waals surface area contributed by atoms with Crippen molar-refractivity contribution in [3.63, 3.8) is 0 Å². The van der Waals surface area contributed by atoms with Gasteiger partial charge in [-0.3, -0.25) is 4.79 Å². The Kier molecular flexibility index (Phi) is 5.31. The Morgan fingerprint density at radius 2 is 1.82 bits per heavy atom. The molecule has 1 unspecified atom stereocenters. The van der Waals surface area contributed by atoms with Gasteiger partial charge < -0.3 is 5.32 Å². The number of aryl methyl sites for hydroxylation is 3. The molecule has 0 aliphatic carbocycles. The summed E-state index contributed by atoms with van der Waals surface area (Å²) in [4.78, 5) is 12.1. The maximum Gasteiger partial charge on any atom is 0.220 e. The van der Waals surface area contributed by atoms with Crippen molar-refractivity contribution >= 4 is 5.91 Å². The average Bonchev–Trinajstić information content (AvgIpc) is 2.49. The zero-order valence-electron chi connectivity index (χ0n) is 13.3. The van der Waals surface area contributed by atoms with Crippen molar-refractivity contribution in [2.45, 2.75) is 39.7 Å². The van der Waals surface area contributed by atoms with Crippen LogP contribution >= 0.6 is 0 Å². The van der Waals surface area contributed by atoms with Crippen LogP contribution < -0.4 is 5.32 Å². The summed E-state index contributed by atoms with van der Waals surface area (Å²) in [5, 5.41) is 3.03. The van der Waals surface area contributed by atoms with E-state index in [2.05, 4.69) is 30.4 Å². The molecule has 2 aromatic rings. The van der Waals surface area contributed by atoms with Crippen molar-refractivity contribution in [3.05, 3.63) is 70.5 Å². The summed E-state index contributed by atoms with van der Waals surface area (Å²) in [5.74, 6) is -0.241. The minimum Gasteiger partial charge on any atom is -0.350 e. The van der Waals surface area contributed by atoms with E-state index in [-0.39, 0.29) is 17.8 Å². The fourth-order valence-corrected chi connectivity index (χ4v) is 2.53. The van der Waals surface area contributed by atoms with Gasteiger partial charge in [0, 0.05) is 6.42 Å². The van der Waals surface area contributed by atoms with E-state index in [9.17, 15) is 9.18 Å². The number of carbonyl (C=O) groups excluding carboxylic acids is 1. The first-order valence-electron chi connectivity index (χ1n) is 7.56. The lowest BCUT2D eigenvalue weighted by Gasteiger charge is -2.17. The van der Waals surface area contributed by atoms with Crippen molar-refractivity contribution < 1.29 is 9.18 Å². The molecule has 0 saturated heterocycles. The van der Waals surface area contributed by atoms with Crippen LogP contribution in [0.3, 0.4) is 0 Å². The topological polar surface area (TPSA) is 29.1 Å². The largest absolute Gasteiger partial charge is 0.350 e. The van der Waals surface area contributed by atoms with Crippen LogP contribution in [0.25, 0.3) is 0 Å². The third-order valence-corrected chi connectivity index (χ3v) is 3.83. The van der Waals surface area contributed by atoms with Gasteiger partial charge in [0.2, 0.25) is 5.91 Å². The lowest BCUT2D eigenvalue weighted by Crippen LogP contribution is -2.27. The zero-order valence-corrected chi connectivity index (χ0v) is 13.3. The number of rotatable bonds is 5. The molecule has 0 fully saturated rings. The highest BCUT2D eigenvalue weighted by Gasteiger charge is 2.12. The number of nitrogens with one attached hydrogen (secondary N) is 1. The molecule has 1 amide bonds. The standard InChI is InChI=1S/C19H22FNO/c1-13-4-5-14(2)18(12-13)15(3)21-19(22)11-8-16-6-9-17(20)10-7-16/h4-7,9-10,12,15H,8,11H2,1-3H3,(H,21,22). The summed E-state index contributed by atoms with van der Waals surface area (Å²) in [6, 6.07) is 12.5. The van der Waals surface area contributed by atoms with Crippen LogP contribution in [-0.2, 0) is 11.2 Å². The van der Waals surface area contributed by atoms with Gasteiger partial charge in [0.25, 0.3) is 0 Å². The van der Waals surface area contributed by atoms with Gasteiger partial charge in [-0.15, -0.1) is 0 Å². The summed E-state index contributed by atoms with van der Waals surface area (Å²) in [7, 11) is 0. The van der Waals surface area contributed by atoms with Crippen LogP contribution in [0, 0.1) is 19.7 Å². The van der Waals surface area contributed by atoms with Gasteiger partial charge in [-0.1, -0.05) is 35.9 Å². The molecule has 0 aliphatic rings. The second kappa shape index (κ2) is 7.21. The van der Waals surface area contributed by atoms with Crippen molar-refractivity contribution in [2.24, 2.45) is 0 Å². The van der Waals surface area contributed by atoms with Gasteiger partial charge in [0.1, 0.15) is 5.82 Å². The maximum absolute atomic E-state index is 12.8. The molecule has 116 valence electrons. The average molecular weight is 299 g/mol. The van der Waals surface area contributed by atoms with Crippen LogP contribution in [0.15, 0.2) is 42.5 Å². The molecular weight excluding hydrogens is 277 g/mol. The molecule has 0 aliphatic heterocycles. The molecule has 3 heteroatoms. The molecule has 2 aromatic carbocycles. The van der Waals surface area contributed by atoms with Crippen LogP contribution in [-0.4, -0.2) is 5.91 Å². The molecule has 1 N–H and O–H groups in total. The highest BCUT2D eigenvalue weighted by molar-refractivity contribution is 5.76. The van der Waals surface area contributed by atoms with E-state index in [1.807, 2.05) is 13.8 Å². The third kappa shape index (κ3) is 4.42. The Bertz CT molecular complexity index is 649. The molecule has 0 saturated carbocycles. The lowest BCUT2D eigenvalue weighted by atomic mass is 10.00. The van der Waals surface area contributed by atoms with Crippen molar-refractivity contribution in [1.29, 1.82) is 0 Å². The van der Waals surface area contributed by atoms with Crippen molar-refractivity contribution in [1.82, 2.24) is 5.32 Å². The predicted molar refractivity (Wildman–Crippen MR) is 87.2 cm³/mol. The number of carbonyl (C=O) groups is 1. The third-order valence-electron chi connectivity index (χ3n) is 3.83. The van der Waals surface area contributed by atoms with Gasteiger partial charge in [0.05, 0.1) is 6.04 Å². The minimum absolute atomic E-state index is 0.0118. The number of benzene rings is 2. The molecule has 0 heterocycles. The summed E-state index contributed by atoms with van der Waals surface area (Å²) in [6.45, 7) is 6.10. The summed E-state index contributed by atoms with van der Waals surface area (Å²) in [5.41, 5.74) is 4.48. The molecular formula is C19H22FNO. The smallest absolute Gasteiger partial charge is 0.220 e. The Hall–Kier alpha value is -2.16. The molecule has 2 rings (SSSR count). The second-order valence-corrected chi connectivity index (χ2v) is 5.78. The van der Waals surface area contributed by atoms with Crippen molar-refractivity contribution in [3.8, 4) is 0 Å².